The highest BCUT2D eigenvalue weighted by Crippen LogP contribution is 2.35. The van der Waals surface area contributed by atoms with Gasteiger partial charge in [-0.05, 0) is 48.6 Å². The van der Waals surface area contributed by atoms with E-state index in [0.29, 0.717) is 11.3 Å². The number of aromatic nitrogens is 6. The molecule has 0 unspecified atom stereocenters. The number of hydrogen-bond donors (Lipinski definition) is 3. The van der Waals surface area contributed by atoms with Crippen molar-refractivity contribution < 1.29 is 4.79 Å². The van der Waals surface area contributed by atoms with Crippen LogP contribution in [0.3, 0.4) is 0 Å². The minimum absolute atomic E-state index is 0.0809. The Balaban J connectivity index is 1.25. The Morgan fingerprint density at radius 1 is 0.973 bits per heavy atom. The van der Waals surface area contributed by atoms with Crippen LogP contribution in [0.5, 0.6) is 0 Å². The molecular formula is C28H23N7OS. The number of nitrogens with one attached hydrogen (secondary N) is 3. The second-order valence-corrected chi connectivity index (χ2v) is 10.4. The van der Waals surface area contributed by atoms with Gasteiger partial charge in [-0.2, -0.15) is 5.10 Å². The predicted molar refractivity (Wildman–Crippen MR) is 146 cm³/mol. The second kappa shape index (κ2) is 8.94. The van der Waals surface area contributed by atoms with Crippen molar-refractivity contribution in [1.82, 2.24) is 30.1 Å². The van der Waals surface area contributed by atoms with Gasteiger partial charge >= 0.3 is 0 Å². The topological polar surface area (TPSA) is 112 Å². The first kappa shape index (κ1) is 21.9. The summed E-state index contributed by atoms with van der Waals surface area (Å²) in [6, 6.07) is 12.2. The van der Waals surface area contributed by atoms with E-state index >= 15 is 0 Å². The highest BCUT2D eigenvalue weighted by atomic mass is 32.1. The zero-order chi connectivity index (χ0) is 24.8. The van der Waals surface area contributed by atoms with Crippen LogP contribution < -0.4 is 5.32 Å². The van der Waals surface area contributed by atoms with E-state index < -0.39 is 0 Å². The first-order valence-corrected chi connectivity index (χ1v) is 13.2. The fourth-order valence-electron chi connectivity index (χ4n) is 5.16. The van der Waals surface area contributed by atoms with E-state index in [-0.39, 0.29) is 11.8 Å². The number of aromatic amines is 2. The Morgan fingerprint density at radius 2 is 1.86 bits per heavy atom. The molecule has 182 valence electrons. The summed E-state index contributed by atoms with van der Waals surface area (Å²) in [6.45, 7) is 0. The third kappa shape index (κ3) is 3.97. The van der Waals surface area contributed by atoms with Crippen LogP contribution in [-0.4, -0.2) is 36.0 Å². The van der Waals surface area contributed by atoms with Gasteiger partial charge in [-0.1, -0.05) is 18.9 Å². The van der Waals surface area contributed by atoms with Crippen LogP contribution in [0.4, 0.5) is 5.69 Å². The molecule has 37 heavy (non-hydrogen) atoms. The molecule has 7 rings (SSSR count). The Labute approximate surface area is 216 Å². The minimum Gasteiger partial charge on any atom is -0.353 e. The van der Waals surface area contributed by atoms with Crippen LogP contribution in [0.15, 0.2) is 66.6 Å². The number of H-pyrrole nitrogens is 2. The van der Waals surface area contributed by atoms with Gasteiger partial charge < -0.3 is 10.3 Å². The van der Waals surface area contributed by atoms with Gasteiger partial charge in [0.2, 0.25) is 5.91 Å². The fraction of sp³-hybridized carbons (Fsp3) is 0.179. The van der Waals surface area contributed by atoms with Crippen LogP contribution in [0.1, 0.15) is 25.7 Å². The minimum atomic E-state index is 0.0809. The van der Waals surface area contributed by atoms with E-state index in [1.807, 2.05) is 24.4 Å². The van der Waals surface area contributed by atoms with Crippen LogP contribution in [-0.2, 0) is 4.79 Å². The lowest BCUT2D eigenvalue weighted by molar-refractivity contribution is -0.119. The summed E-state index contributed by atoms with van der Waals surface area (Å²) in [5, 5.41) is 14.7. The normalized spacial score (nSPS) is 14.1. The van der Waals surface area contributed by atoms with Crippen molar-refractivity contribution >= 4 is 44.9 Å². The number of nitrogens with zero attached hydrogens (tertiary/aromatic N) is 4. The zero-order valence-corrected chi connectivity index (χ0v) is 20.7. The number of anilines is 1. The largest absolute Gasteiger partial charge is 0.353 e. The van der Waals surface area contributed by atoms with Gasteiger partial charge in [-0.15, -0.1) is 11.3 Å². The molecule has 6 aromatic heterocycles. The molecule has 1 aliphatic rings. The van der Waals surface area contributed by atoms with Gasteiger partial charge in [0.05, 0.1) is 28.1 Å². The van der Waals surface area contributed by atoms with E-state index in [4.69, 9.17) is 0 Å². The number of amides is 1. The maximum atomic E-state index is 12.6. The number of carbonyl (C=O) groups excluding carboxylic acids is 1. The van der Waals surface area contributed by atoms with Crippen molar-refractivity contribution in [2.24, 2.45) is 5.92 Å². The Hall–Kier alpha value is -4.37. The molecule has 1 amide bonds. The van der Waals surface area contributed by atoms with E-state index in [1.54, 1.807) is 29.9 Å². The maximum absolute atomic E-state index is 12.6. The third-order valence-corrected chi connectivity index (χ3v) is 7.92. The number of carbonyl (C=O) groups is 1. The molecule has 3 N–H and O–H groups in total. The van der Waals surface area contributed by atoms with E-state index in [9.17, 15) is 4.79 Å². The molecule has 9 heteroatoms. The summed E-state index contributed by atoms with van der Waals surface area (Å²) in [5.41, 5.74) is 6.82. The summed E-state index contributed by atoms with van der Waals surface area (Å²) in [5.74, 6) is 0.180. The van der Waals surface area contributed by atoms with E-state index in [1.165, 1.54) is 0 Å². The predicted octanol–water partition coefficient (Wildman–Crippen LogP) is 6.42. The van der Waals surface area contributed by atoms with Crippen LogP contribution in [0.2, 0.25) is 0 Å². The molecular weight excluding hydrogens is 482 g/mol. The van der Waals surface area contributed by atoms with Crippen molar-refractivity contribution in [2.75, 3.05) is 5.32 Å². The lowest BCUT2D eigenvalue weighted by Gasteiger charge is -2.11. The average Bonchev–Trinajstić information content (AvgIpc) is 3.74. The summed E-state index contributed by atoms with van der Waals surface area (Å²) in [7, 11) is 0. The Kier molecular flexibility index (Phi) is 5.28. The van der Waals surface area contributed by atoms with Gasteiger partial charge in [0.25, 0.3) is 0 Å². The molecule has 0 saturated heterocycles. The van der Waals surface area contributed by atoms with Gasteiger partial charge in [0.1, 0.15) is 5.69 Å². The molecule has 1 fully saturated rings. The first-order valence-electron chi connectivity index (χ1n) is 12.4. The molecule has 0 atom stereocenters. The van der Waals surface area contributed by atoms with Crippen molar-refractivity contribution in [3.63, 3.8) is 0 Å². The average molecular weight is 506 g/mol. The molecule has 1 saturated carbocycles. The highest BCUT2D eigenvalue weighted by molar-refractivity contribution is 7.13. The molecule has 8 nitrogen and oxygen atoms in total. The van der Waals surface area contributed by atoms with E-state index in [0.717, 1.165) is 75.1 Å². The maximum Gasteiger partial charge on any atom is 0.227 e. The van der Waals surface area contributed by atoms with Crippen molar-refractivity contribution in [3.05, 3.63) is 66.6 Å². The van der Waals surface area contributed by atoms with Crippen LogP contribution in [0.25, 0.3) is 55.0 Å². The highest BCUT2D eigenvalue weighted by Gasteiger charge is 2.23. The molecule has 0 radical (unpaired) electrons. The van der Waals surface area contributed by atoms with E-state index in [2.05, 4.69) is 59.0 Å². The van der Waals surface area contributed by atoms with Crippen LogP contribution >= 0.6 is 11.3 Å². The SMILES string of the molecule is O=C(Nc1cncc(-c2cnc3[nH]nc(-c4cc5c(-c6cccs6)nccc5[nH]4)c3c2)c1)C1CCCC1. The van der Waals surface area contributed by atoms with Gasteiger partial charge in [-0.25, -0.2) is 4.98 Å². The molecule has 6 aromatic rings. The Morgan fingerprint density at radius 3 is 2.73 bits per heavy atom. The molecule has 0 bridgehead atoms. The lowest BCUT2D eigenvalue weighted by Crippen LogP contribution is -2.20. The summed E-state index contributed by atoms with van der Waals surface area (Å²) < 4.78 is 0. The number of fused-ring (bicyclic) bond motifs is 2. The quantitative estimate of drug-likeness (QED) is 0.250. The smallest absolute Gasteiger partial charge is 0.227 e. The number of pyridine rings is 3. The number of rotatable bonds is 5. The second-order valence-electron chi connectivity index (χ2n) is 9.41. The van der Waals surface area contributed by atoms with Gasteiger partial charge in [-0.3, -0.25) is 19.9 Å². The van der Waals surface area contributed by atoms with Gasteiger partial charge in [0.15, 0.2) is 5.65 Å². The summed E-state index contributed by atoms with van der Waals surface area (Å²) >= 11 is 1.67. The van der Waals surface area contributed by atoms with Crippen LogP contribution in [0, 0.1) is 5.92 Å². The van der Waals surface area contributed by atoms with Crippen molar-refractivity contribution in [3.8, 4) is 33.1 Å². The third-order valence-electron chi connectivity index (χ3n) is 7.04. The number of hydrogen-bond acceptors (Lipinski definition) is 6. The molecule has 0 spiro atoms. The van der Waals surface area contributed by atoms with Crippen molar-refractivity contribution in [2.45, 2.75) is 25.7 Å². The van der Waals surface area contributed by atoms with Crippen molar-refractivity contribution in [1.29, 1.82) is 0 Å². The first-order chi connectivity index (χ1) is 18.2. The van der Waals surface area contributed by atoms with Gasteiger partial charge in [0, 0.05) is 51.9 Å². The lowest BCUT2D eigenvalue weighted by atomic mass is 10.1. The standard InChI is InChI=1S/C28H23N7OS/c36-28(16-4-1-2-5-16)32-19-10-17(13-29-15-19)18-11-21-25(34-35-27(21)31-14-18)23-12-20-22(33-23)7-8-30-26(20)24-6-3-9-37-24/h3,6-16,33H,1-2,4-5H2,(H,32,36)(H,31,34,35). The fourth-order valence-corrected chi connectivity index (χ4v) is 5.89. The molecule has 0 aliphatic heterocycles. The summed E-state index contributed by atoms with van der Waals surface area (Å²) in [6.07, 6.45) is 11.3. The molecule has 1 aliphatic carbocycles. The summed E-state index contributed by atoms with van der Waals surface area (Å²) in [4.78, 5) is 30.8. The number of thiophene rings is 1. The zero-order valence-electron chi connectivity index (χ0n) is 19.9. The monoisotopic (exact) mass is 505 g/mol. The Bertz CT molecular complexity index is 1750. The molecule has 6 heterocycles. The molecule has 0 aromatic carbocycles.